The highest BCUT2D eigenvalue weighted by atomic mass is 32.2. The number of hydrogen-bond acceptors (Lipinski definition) is 3. The zero-order chi connectivity index (χ0) is 9.90. The van der Waals surface area contributed by atoms with Crippen LogP contribution in [0.3, 0.4) is 0 Å². The summed E-state index contributed by atoms with van der Waals surface area (Å²) in [6.45, 7) is 4.59. The molecule has 0 saturated carbocycles. The molecule has 0 aromatic carbocycles. The molecule has 1 rings (SSSR count). The van der Waals surface area contributed by atoms with Crippen LogP contribution in [0.25, 0.3) is 0 Å². The largest absolute Gasteiger partial charge is 0.479 e. The first-order valence-corrected chi connectivity index (χ1v) is 5.67. The molecule has 76 valence electrons. The normalized spacial score (nSPS) is 28.2. The number of carboxylic acids is 1. The first kappa shape index (κ1) is 10.9. The first-order valence-electron chi connectivity index (χ1n) is 4.52. The molecule has 1 fully saturated rings. The smallest absolute Gasteiger partial charge is 0.336 e. The van der Waals surface area contributed by atoms with Crippen LogP contribution in [-0.4, -0.2) is 34.8 Å². The van der Waals surface area contributed by atoms with Crippen molar-refractivity contribution in [3.05, 3.63) is 0 Å². The van der Waals surface area contributed by atoms with Gasteiger partial charge in [0.25, 0.3) is 0 Å². The van der Waals surface area contributed by atoms with Crippen molar-refractivity contribution >= 4 is 17.7 Å². The fourth-order valence-electron chi connectivity index (χ4n) is 1.22. The molecule has 1 atom stereocenters. The van der Waals surface area contributed by atoms with Crippen molar-refractivity contribution in [2.45, 2.75) is 25.9 Å². The van der Waals surface area contributed by atoms with Gasteiger partial charge in [0.2, 0.25) is 0 Å². The van der Waals surface area contributed by atoms with Gasteiger partial charge in [-0.25, -0.2) is 4.79 Å². The molecule has 0 aromatic heterocycles. The highest BCUT2D eigenvalue weighted by Gasteiger charge is 2.43. The molecular weight excluding hydrogens is 188 g/mol. The molecule has 3 nitrogen and oxygen atoms in total. The van der Waals surface area contributed by atoms with E-state index in [0.717, 1.165) is 5.75 Å². The summed E-state index contributed by atoms with van der Waals surface area (Å²) in [7, 11) is 0. The highest BCUT2D eigenvalue weighted by Crippen LogP contribution is 2.32. The van der Waals surface area contributed by atoms with Crippen molar-refractivity contribution in [3.8, 4) is 0 Å². The maximum absolute atomic E-state index is 11.0. The summed E-state index contributed by atoms with van der Waals surface area (Å²) in [5, 5.41) is 9.04. The van der Waals surface area contributed by atoms with Crippen LogP contribution in [0.1, 0.15) is 20.3 Å². The maximum atomic E-state index is 11.0. The number of carboxylic acid groups (broad SMARTS) is 1. The Morgan fingerprint density at radius 3 is 2.77 bits per heavy atom. The van der Waals surface area contributed by atoms with Crippen LogP contribution in [0.4, 0.5) is 0 Å². The Morgan fingerprint density at radius 2 is 2.38 bits per heavy atom. The Balaban J connectivity index is 2.52. The molecule has 0 bridgehead atoms. The van der Waals surface area contributed by atoms with Gasteiger partial charge < -0.3 is 9.84 Å². The van der Waals surface area contributed by atoms with Crippen molar-refractivity contribution in [2.75, 3.05) is 18.1 Å². The van der Waals surface area contributed by atoms with Gasteiger partial charge in [-0.15, -0.1) is 0 Å². The summed E-state index contributed by atoms with van der Waals surface area (Å²) in [5.41, 5.74) is -0.894. The van der Waals surface area contributed by atoms with E-state index in [1.165, 1.54) is 0 Å². The Bertz CT molecular complexity index is 185. The average Bonchev–Trinajstić information content (AvgIpc) is 2.50. The van der Waals surface area contributed by atoms with E-state index in [1.807, 2.05) is 13.8 Å². The number of thioether (sulfide) groups is 1. The zero-order valence-corrected chi connectivity index (χ0v) is 8.89. The predicted octanol–water partition coefficient (Wildman–Crippen LogP) is 1.62. The van der Waals surface area contributed by atoms with E-state index in [4.69, 9.17) is 9.84 Å². The van der Waals surface area contributed by atoms with E-state index in [-0.39, 0.29) is 0 Å². The number of rotatable bonds is 4. The van der Waals surface area contributed by atoms with Gasteiger partial charge in [-0.05, 0) is 18.1 Å². The average molecular weight is 204 g/mol. The van der Waals surface area contributed by atoms with Crippen molar-refractivity contribution in [3.63, 3.8) is 0 Å². The Kier molecular flexibility index (Phi) is 3.62. The van der Waals surface area contributed by atoms with Crippen molar-refractivity contribution < 1.29 is 14.6 Å². The van der Waals surface area contributed by atoms with E-state index in [0.29, 0.717) is 24.7 Å². The van der Waals surface area contributed by atoms with Crippen LogP contribution >= 0.6 is 11.8 Å². The number of ether oxygens (including phenoxy) is 1. The van der Waals surface area contributed by atoms with E-state index in [9.17, 15) is 4.79 Å². The van der Waals surface area contributed by atoms with Gasteiger partial charge in [0, 0.05) is 5.75 Å². The van der Waals surface area contributed by atoms with Crippen LogP contribution in [0.2, 0.25) is 0 Å². The van der Waals surface area contributed by atoms with Crippen molar-refractivity contribution in [1.29, 1.82) is 0 Å². The lowest BCUT2D eigenvalue weighted by molar-refractivity contribution is -0.163. The number of hydrogen-bond donors (Lipinski definition) is 1. The van der Waals surface area contributed by atoms with Crippen LogP contribution in [0, 0.1) is 5.92 Å². The quantitative estimate of drug-likeness (QED) is 0.756. The Morgan fingerprint density at radius 1 is 1.69 bits per heavy atom. The van der Waals surface area contributed by atoms with Crippen LogP contribution in [0.5, 0.6) is 0 Å². The van der Waals surface area contributed by atoms with Gasteiger partial charge in [0.05, 0.1) is 6.61 Å². The van der Waals surface area contributed by atoms with Gasteiger partial charge >= 0.3 is 5.97 Å². The van der Waals surface area contributed by atoms with E-state index >= 15 is 0 Å². The molecular formula is C9H16O3S. The predicted molar refractivity (Wildman–Crippen MR) is 53.1 cm³/mol. The van der Waals surface area contributed by atoms with Crippen LogP contribution in [-0.2, 0) is 9.53 Å². The molecule has 0 radical (unpaired) electrons. The van der Waals surface area contributed by atoms with Crippen LogP contribution in [0.15, 0.2) is 0 Å². The lowest BCUT2D eigenvalue weighted by atomic mass is 10.0. The lowest BCUT2D eigenvalue weighted by Crippen LogP contribution is -2.42. The minimum atomic E-state index is -0.894. The minimum Gasteiger partial charge on any atom is -0.479 e. The lowest BCUT2D eigenvalue weighted by Gasteiger charge is -2.24. The van der Waals surface area contributed by atoms with Crippen molar-refractivity contribution in [1.82, 2.24) is 0 Å². The molecule has 1 heterocycles. The van der Waals surface area contributed by atoms with Gasteiger partial charge in [-0.3, -0.25) is 0 Å². The molecule has 1 N–H and O–H groups in total. The molecule has 0 amide bonds. The number of aliphatic carboxylic acids is 1. The minimum absolute atomic E-state index is 0.391. The van der Waals surface area contributed by atoms with Gasteiger partial charge in [-0.1, -0.05) is 13.8 Å². The second-order valence-electron chi connectivity index (χ2n) is 3.81. The monoisotopic (exact) mass is 204 g/mol. The summed E-state index contributed by atoms with van der Waals surface area (Å²) in [6.07, 6.45) is 0.639. The molecule has 1 aliphatic rings. The summed E-state index contributed by atoms with van der Waals surface area (Å²) in [5.74, 6) is 1.07. The molecule has 1 aliphatic heterocycles. The fraction of sp³-hybridized carbons (Fsp3) is 0.889. The van der Waals surface area contributed by atoms with Crippen LogP contribution < -0.4 is 0 Å². The van der Waals surface area contributed by atoms with E-state index < -0.39 is 11.6 Å². The summed E-state index contributed by atoms with van der Waals surface area (Å²) in [4.78, 5) is 11.0. The third kappa shape index (κ3) is 2.61. The van der Waals surface area contributed by atoms with Crippen molar-refractivity contribution in [2.24, 2.45) is 5.92 Å². The third-order valence-electron chi connectivity index (χ3n) is 2.07. The SMILES string of the molecule is CC(C)COC1(C(=O)O)CCSC1. The fourth-order valence-corrected chi connectivity index (χ4v) is 2.52. The number of carbonyl (C=O) groups is 1. The molecule has 4 heteroatoms. The molecule has 13 heavy (non-hydrogen) atoms. The summed E-state index contributed by atoms with van der Waals surface area (Å²) < 4.78 is 5.49. The summed E-state index contributed by atoms with van der Waals surface area (Å²) >= 11 is 1.66. The zero-order valence-electron chi connectivity index (χ0n) is 8.08. The molecule has 0 aromatic rings. The summed E-state index contributed by atoms with van der Waals surface area (Å²) in [6, 6.07) is 0. The topological polar surface area (TPSA) is 46.5 Å². The molecule has 0 spiro atoms. The van der Waals surface area contributed by atoms with Gasteiger partial charge in [0.1, 0.15) is 0 Å². The molecule has 1 saturated heterocycles. The molecule has 1 unspecified atom stereocenters. The van der Waals surface area contributed by atoms with E-state index in [1.54, 1.807) is 11.8 Å². The Labute approximate surface area is 82.8 Å². The second kappa shape index (κ2) is 4.33. The van der Waals surface area contributed by atoms with E-state index in [2.05, 4.69) is 0 Å². The standard InChI is InChI=1S/C9H16O3S/c1-7(2)5-12-9(8(10)11)3-4-13-6-9/h7H,3-6H2,1-2H3,(H,10,11). The Hall–Kier alpha value is -0.220. The van der Waals surface area contributed by atoms with Gasteiger partial charge in [-0.2, -0.15) is 11.8 Å². The molecule has 0 aliphatic carbocycles. The third-order valence-corrected chi connectivity index (χ3v) is 3.23. The maximum Gasteiger partial charge on any atom is 0.336 e. The van der Waals surface area contributed by atoms with Gasteiger partial charge in [0.15, 0.2) is 5.60 Å². The highest BCUT2D eigenvalue weighted by molar-refractivity contribution is 7.99. The first-order chi connectivity index (χ1) is 6.07. The second-order valence-corrected chi connectivity index (χ2v) is 4.91.